The van der Waals surface area contributed by atoms with Crippen LogP contribution in [0.5, 0.6) is 5.75 Å². The third kappa shape index (κ3) is 4.17. The van der Waals surface area contributed by atoms with Gasteiger partial charge in [-0.15, -0.1) is 0 Å². The predicted molar refractivity (Wildman–Crippen MR) is 82.1 cm³/mol. The van der Waals surface area contributed by atoms with Gasteiger partial charge in [0.1, 0.15) is 18.2 Å². The van der Waals surface area contributed by atoms with Crippen LogP contribution in [0.2, 0.25) is 0 Å². The van der Waals surface area contributed by atoms with Gasteiger partial charge < -0.3 is 10.1 Å². The standard InChI is InChI=1S/C17H25FN2O/c18-15-3-5-16(6-4-15)21-13-12-20-10-7-14(8-11-20)17-2-1-9-19-17/h3-6,14,17,19H,1-2,7-13H2. The molecule has 0 spiro atoms. The van der Waals surface area contributed by atoms with Gasteiger partial charge in [0, 0.05) is 12.6 Å². The maximum Gasteiger partial charge on any atom is 0.123 e. The molecule has 3 nitrogen and oxygen atoms in total. The van der Waals surface area contributed by atoms with Crippen LogP contribution in [0.4, 0.5) is 4.39 Å². The summed E-state index contributed by atoms with van der Waals surface area (Å²) in [4.78, 5) is 2.48. The van der Waals surface area contributed by atoms with E-state index in [-0.39, 0.29) is 5.82 Å². The van der Waals surface area contributed by atoms with Crippen molar-refractivity contribution in [1.29, 1.82) is 0 Å². The zero-order chi connectivity index (χ0) is 14.5. The highest BCUT2D eigenvalue weighted by Crippen LogP contribution is 2.25. The molecule has 0 bridgehead atoms. The minimum absolute atomic E-state index is 0.218. The lowest BCUT2D eigenvalue weighted by atomic mass is 9.88. The molecule has 2 fully saturated rings. The highest BCUT2D eigenvalue weighted by atomic mass is 19.1. The number of nitrogens with zero attached hydrogens (tertiary/aromatic N) is 1. The third-order valence-electron chi connectivity index (χ3n) is 4.79. The van der Waals surface area contributed by atoms with Gasteiger partial charge in [0.2, 0.25) is 0 Å². The molecule has 21 heavy (non-hydrogen) atoms. The fourth-order valence-electron chi connectivity index (χ4n) is 3.52. The van der Waals surface area contributed by atoms with E-state index in [9.17, 15) is 4.39 Å². The van der Waals surface area contributed by atoms with Gasteiger partial charge in [-0.3, -0.25) is 4.90 Å². The van der Waals surface area contributed by atoms with Gasteiger partial charge in [-0.05, 0) is 75.5 Å². The molecule has 1 aromatic carbocycles. The van der Waals surface area contributed by atoms with E-state index in [0.29, 0.717) is 6.61 Å². The number of rotatable bonds is 5. The van der Waals surface area contributed by atoms with Crippen LogP contribution < -0.4 is 10.1 Å². The van der Waals surface area contributed by atoms with Crippen molar-refractivity contribution in [2.75, 3.05) is 32.8 Å². The fourth-order valence-corrected chi connectivity index (χ4v) is 3.52. The van der Waals surface area contributed by atoms with Gasteiger partial charge in [0.15, 0.2) is 0 Å². The lowest BCUT2D eigenvalue weighted by molar-refractivity contribution is 0.141. The Labute approximate surface area is 126 Å². The summed E-state index contributed by atoms with van der Waals surface area (Å²) in [6.45, 7) is 5.20. The summed E-state index contributed by atoms with van der Waals surface area (Å²) in [7, 11) is 0. The Morgan fingerprint density at radius 3 is 2.57 bits per heavy atom. The van der Waals surface area contributed by atoms with Crippen molar-refractivity contribution in [3.05, 3.63) is 30.1 Å². The van der Waals surface area contributed by atoms with E-state index in [1.165, 1.54) is 57.5 Å². The number of hydrogen-bond acceptors (Lipinski definition) is 3. The largest absolute Gasteiger partial charge is 0.492 e. The Morgan fingerprint density at radius 2 is 1.90 bits per heavy atom. The first-order valence-corrected chi connectivity index (χ1v) is 8.15. The molecule has 1 atom stereocenters. The second-order valence-corrected chi connectivity index (χ2v) is 6.18. The molecule has 2 aliphatic heterocycles. The van der Waals surface area contributed by atoms with Crippen LogP contribution in [0.1, 0.15) is 25.7 Å². The first-order valence-electron chi connectivity index (χ1n) is 8.15. The van der Waals surface area contributed by atoms with Crippen LogP contribution >= 0.6 is 0 Å². The number of nitrogens with one attached hydrogen (secondary N) is 1. The van der Waals surface area contributed by atoms with Gasteiger partial charge in [0.05, 0.1) is 0 Å². The average molecular weight is 292 g/mol. The highest BCUT2D eigenvalue weighted by molar-refractivity contribution is 5.21. The highest BCUT2D eigenvalue weighted by Gasteiger charge is 2.27. The van der Waals surface area contributed by atoms with Gasteiger partial charge in [0.25, 0.3) is 0 Å². The van der Waals surface area contributed by atoms with Crippen molar-refractivity contribution in [3.63, 3.8) is 0 Å². The molecule has 2 saturated heterocycles. The van der Waals surface area contributed by atoms with Gasteiger partial charge >= 0.3 is 0 Å². The Hall–Kier alpha value is -1.13. The number of likely N-dealkylation sites (tertiary alicyclic amines) is 1. The summed E-state index contributed by atoms with van der Waals surface area (Å²) < 4.78 is 18.5. The van der Waals surface area contributed by atoms with E-state index in [1.807, 2.05) is 0 Å². The molecule has 0 radical (unpaired) electrons. The van der Waals surface area contributed by atoms with E-state index < -0.39 is 0 Å². The van der Waals surface area contributed by atoms with E-state index >= 15 is 0 Å². The van der Waals surface area contributed by atoms with Gasteiger partial charge in [-0.25, -0.2) is 4.39 Å². The molecule has 1 aromatic rings. The molecule has 0 aromatic heterocycles. The van der Waals surface area contributed by atoms with Gasteiger partial charge in [-0.1, -0.05) is 0 Å². The molecule has 4 heteroatoms. The topological polar surface area (TPSA) is 24.5 Å². The smallest absolute Gasteiger partial charge is 0.123 e. The van der Waals surface area contributed by atoms with Crippen LogP contribution in [0, 0.1) is 11.7 Å². The second kappa shape index (κ2) is 7.23. The molecule has 3 rings (SSSR count). The van der Waals surface area contributed by atoms with E-state index in [0.717, 1.165) is 24.3 Å². The lowest BCUT2D eigenvalue weighted by Gasteiger charge is -2.34. The molecular weight excluding hydrogens is 267 g/mol. The number of halogens is 1. The van der Waals surface area contributed by atoms with Crippen LogP contribution in [-0.4, -0.2) is 43.7 Å². The third-order valence-corrected chi connectivity index (χ3v) is 4.79. The Morgan fingerprint density at radius 1 is 1.14 bits per heavy atom. The van der Waals surface area contributed by atoms with Crippen molar-refractivity contribution in [2.24, 2.45) is 5.92 Å². The number of hydrogen-bond donors (Lipinski definition) is 1. The number of benzene rings is 1. The first-order chi connectivity index (χ1) is 10.3. The van der Waals surface area contributed by atoms with Crippen LogP contribution in [-0.2, 0) is 0 Å². The zero-order valence-electron chi connectivity index (χ0n) is 12.6. The Kier molecular flexibility index (Phi) is 5.09. The molecule has 1 N–H and O–H groups in total. The van der Waals surface area contributed by atoms with Crippen molar-refractivity contribution in [1.82, 2.24) is 10.2 Å². The monoisotopic (exact) mass is 292 g/mol. The SMILES string of the molecule is Fc1ccc(OCCN2CCC(C3CCCN3)CC2)cc1. The molecule has 0 saturated carbocycles. The molecule has 0 aliphatic carbocycles. The van der Waals surface area contributed by atoms with E-state index in [4.69, 9.17) is 4.74 Å². The van der Waals surface area contributed by atoms with Crippen molar-refractivity contribution < 1.29 is 9.13 Å². The number of piperidine rings is 1. The second-order valence-electron chi connectivity index (χ2n) is 6.18. The van der Waals surface area contributed by atoms with Crippen molar-refractivity contribution in [2.45, 2.75) is 31.7 Å². The first kappa shape index (κ1) is 14.8. The quantitative estimate of drug-likeness (QED) is 0.903. The van der Waals surface area contributed by atoms with E-state index in [1.54, 1.807) is 12.1 Å². The van der Waals surface area contributed by atoms with Crippen LogP contribution in [0.25, 0.3) is 0 Å². The summed E-state index contributed by atoms with van der Waals surface area (Å²) >= 11 is 0. The molecule has 1 unspecified atom stereocenters. The van der Waals surface area contributed by atoms with Crippen LogP contribution in [0.15, 0.2) is 24.3 Å². The normalized spacial score (nSPS) is 24.3. The molecular formula is C17H25FN2O. The maximum absolute atomic E-state index is 12.8. The minimum Gasteiger partial charge on any atom is -0.492 e. The molecule has 116 valence electrons. The molecule has 2 aliphatic rings. The van der Waals surface area contributed by atoms with Crippen molar-refractivity contribution in [3.8, 4) is 5.75 Å². The van der Waals surface area contributed by atoms with E-state index in [2.05, 4.69) is 10.2 Å². The number of ether oxygens (including phenoxy) is 1. The molecule has 0 amide bonds. The predicted octanol–water partition coefficient (Wildman–Crippen LogP) is 2.67. The summed E-state index contributed by atoms with van der Waals surface area (Å²) in [6, 6.07) is 7.02. The summed E-state index contributed by atoms with van der Waals surface area (Å²) in [5, 5.41) is 3.64. The Bertz CT molecular complexity index is 423. The average Bonchev–Trinajstić information content (AvgIpc) is 3.04. The summed E-state index contributed by atoms with van der Waals surface area (Å²) in [6.07, 6.45) is 5.30. The minimum atomic E-state index is -0.218. The molecule has 2 heterocycles. The fraction of sp³-hybridized carbons (Fsp3) is 0.647. The van der Waals surface area contributed by atoms with Crippen molar-refractivity contribution >= 4 is 0 Å². The maximum atomic E-state index is 12.8. The Balaban J connectivity index is 1.34. The summed E-state index contributed by atoms with van der Waals surface area (Å²) in [5.41, 5.74) is 0. The summed E-state index contributed by atoms with van der Waals surface area (Å²) in [5.74, 6) is 1.40. The lowest BCUT2D eigenvalue weighted by Crippen LogP contribution is -2.42. The zero-order valence-corrected chi connectivity index (χ0v) is 12.6. The van der Waals surface area contributed by atoms with Crippen LogP contribution in [0.3, 0.4) is 0 Å². The van der Waals surface area contributed by atoms with Gasteiger partial charge in [-0.2, -0.15) is 0 Å².